The summed E-state index contributed by atoms with van der Waals surface area (Å²) in [7, 11) is 0. The summed E-state index contributed by atoms with van der Waals surface area (Å²) in [6.45, 7) is 8.97. The van der Waals surface area contributed by atoms with E-state index >= 15 is 0 Å². The minimum atomic E-state index is -0.469. The number of amides is 1. The molecule has 20 heavy (non-hydrogen) atoms. The van der Waals surface area contributed by atoms with E-state index in [1.165, 1.54) is 5.56 Å². The molecule has 1 heterocycles. The van der Waals surface area contributed by atoms with Gasteiger partial charge in [-0.05, 0) is 43.9 Å². The number of rotatable bonds is 5. The quantitative estimate of drug-likeness (QED) is 0.772. The van der Waals surface area contributed by atoms with Crippen LogP contribution in [0, 0.1) is 5.92 Å². The van der Waals surface area contributed by atoms with Crippen molar-refractivity contribution in [2.24, 2.45) is 5.92 Å². The highest BCUT2D eigenvalue weighted by atomic mass is 16.3. The van der Waals surface area contributed by atoms with Crippen LogP contribution in [0.1, 0.15) is 44.9 Å². The molecule has 3 N–H and O–H groups in total. The van der Waals surface area contributed by atoms with E-state index < -0.39 is 5.41 Å². The second-order valence-corrected chi connectivity index (χ2v) is 6.30. The van der Waals surface area contributed by atoms with Gasteiger partial charge in [-0.1, -0.05) is 19.1 Å². The molecule has 1 aromatic carbocycles. The maximum Gasteiger partial charge on any atom is 0.234 e. The van der Waals surface area contributed by atoms with Crippen molar-refractivity contribution in [2.45, 2.75) is 39.2 Å². The molecule has 1 aliphatic heterocycles. The highest BCUT2D eigenvalue weighted by molar-refractivity contribution is 6.05. The van der Waals surface area contributed by atoms with Gasteiger partial charge < -0.3 is 15.7 Å². The maximum atomic E-state index is 11.9. The molecular formula is C16H24N2O2. The Labute approximate surface area is 120 Å². The third kappa shape index (κ3) is 2.72. The normalized spacial score (nSPS) is 19.4. The summed E-state index contributed by atoms with van der Waals surface area (Å²) < 4.78 is 0. The summed E-state index contributed by atoms with van der Waals surface area (Å²) in [5, 5.41) is 15.4. The van der Waals surface area contributed by atoms with Crippen LogP contribution in [0.5, 0.6) is 0 Å². The molecular weight excluding hydrogens is 252 g/mol. The van der Waals surface area contributed by atoms with Gasteiger partial charge in [0.1, 0.15) is 0 Å². The van der Waals surface area contributed by atoms with Crippen LogP contribution < -0.4 is 10.6 Å². The average Bonchev–Trinajstić information content (AvgIpc) is 2.66. The van der Waals surface area contributed by atoms with Gasteiger partial charge in [0.2, 0.25) is 5.91 Å². The Morgan fingerprint density at radius 2 is 2.05 bits per heavy atom. The summed E-state index contributed by atoms with van der Waals surface area (Å²) in [6, 6.07) is 6.32. The number of hydrogen-bond acceptors (Lipinski definition) is 3. The molecule has 0 bridgehead atoms. The molecule has 0 saturated heterocycles. The molecule has 2 unspecified atom stereocenters. The Morgan fingerprint density at radius 3 is 2.70 bits per heavy atom. The summed E-state index contributed by atoms with van der Waals surface area (Å²) in [5.74, 6) is 0.297. The minimum absolute atomic E-state index is 0.0548. The third-order valence-electron chi connectivity index (χ3n) is 4.12. The predicted molar refractivity (Wildman–Crippen MR) is 80.8 cm³/mol. The highest BCUT2D eigenvalue weighted by Crippen LogP contribution is 2.38. The summed E-state index contributed by atoms with van der Waals surface area (Å²) in [4.78, 5) is 11.9. The maximum absolute atomic E-state index is 11.9. The molecule has 4 heteroatoms. The van der Waals surface area contributed by atoms with E-state index in [-0.39, 0.29) is 24.5 Å². The molecule has 0 spiro atoms. The van der Waals surface area contributed by atoms with E-state index in [0.717, 1.165) is 17.8 Å². The van der Waals surface area contributed by atoms with Crippen molar-refractivity contribution in [3.8, 4) is 0 Å². The van der Waals surface area contributed by atoms with Crippen molar-refractivity contribution in [1.29, 1.82) is 0 Å². The van der Waals surface area contributed by atoms with Crippen LogP contribution in [0.4, 0.5) is 5.69 Å². The van der Waals surface area contributed by atoms with Crippen LogP contribution in [-0.4, -0.2) is 24.2 Å². The van der Waals surface area contributed by atoms with Gasteiger partial charge in [-0.2, -0.15) is 0 Å². The summed E-state index contributed by atoms with van der Waals surface area (Å²) in [5.41, 5.74) is 2.67. The van der Waals surface area contributed by atoms with Gasteiger partial charge in [0.25, 0.3) is 0 Å². The van der Waals surface area contributed by atoms with Gasteiger partial charge in [0.05, 0.1) is 5.41 Å². The first kappa shape index (κ1) is 15.0. The molecule has 1 aromatic rings. The topological polar surface area (TPSA) is 61.4 Å². The lowest BCUT2D eigenvalue weighted by atomic mass is 9.85. The van der Waals surface area contributed by atoms with Crippen LogP contribution >= 0.6 is 0 Å². The van der Waals surface area contributed by atoms with Gasteiger partial charge in [-0.15, -0.1) is 0 Å². The number of benzene rings is 1. The predicted octanol–water partition coefficient (Wildman–Crippen LogP) is 2.20. The zero-order valence-corrected chi connectivity index (χ0v) is 12.7. The van der Waals surface area contributed by atoms with Crippen LogP contribution in [0.15, 0.2) is 18.2 Å². The Hall–Kier alpha value is -1.39. The zero-order valence-electron chi connectivity index (χ0n) is 12.7. The van der Waals surface area contributed by atoms with Crippen molar-refractivity contribution in [1.82, 2.24) is 5.32 Å². The first-order chi connectivity index (χ1) is 9.36. The number of hydrogen-bond donors (Lipinski definition) is 3. The van der Waals surface area contributed by atoms with E-state index in [2.05, 4.69) is 23.6 Å². The van der Waals surface area contributed by atoms with Gasteiger partial charge in [-0.25, -0.2) is 0 Å². The second-order valence-electron chi connectivity index (χ2n) is 6.30. The summed E-state index contributed by atoms with van der Waals surface area (Å²) in [6.07, 6.45) is 0. The number of anilines is 1. The number of carbonyl (C=O) groups excluding carboxylic acids is 1. The lowest BCUT2D eigenvalue weighted by Crippen LogP contribution is -2.28. The molecule has 2 atom stereocenters. The van der Waals surface area contributed by atoms with Crippen LogP contribution in [0.25, 0.3) is 0 Å². The van der Waals surface area contributed by atoms with E-state index in [1.807, 2.05) is 32.9 Å². The number of fused-ring (bicyclic) bond motifs is 1. The van der Waals surface area contributed by atoms with Crippen LogP contribution in [0.2, 0.25) is 0 Å². The monoisotopic (exact) mass is 276 g/mol. The fourth-order valence-electron chi connectivity index (χ4n) is 2.42. The number of nitrogens with one attached hydrogen (secondary N) is 2. The SMILES string of the molecule is CC(CO)CNC(C)c1ccc2c(c1)C(C)(C)C(=O)N2. The highest BCUT2D eigenvalue weighted by Gasteiger charge is 2.38. The van der Waals surface area contributed by atoms with E-state index in [0.29, 0.717) is 0 Å². The zero-order chi connectivity index (χ0) is 14.9. The Balaban J connectivity index is 2.16. The van der Waals surface area contributed by atoms with E-state index in [4.69, 9.17) is 5.11 Å². The fraction of sp³-hybridized carbons (Fsp3) is 0.562. The van der Waals surface area contributed by atoms with Crippen LogP contribution in [-0.2, 0) is 10.2 Å². The molecule has 0 radical (unpaired) electrons. The molecule has 0 saturated carbocycles. The molecule has 1 aliphatic rings. The van der Waals surface area contributed by atoms with E-state index in [1.54, 1.807) is 0 Å². The third-order valence-corrected chi connectivity index (χ3v) is 4.12. The molecule has 4 nitrogen and oxygen atoms in total. The molecule has 0 aromatic heterocycles. The molecule has 2 rings (SSSR count). The smallest absolute Gasteiger partial charge is 0.234 e. The molecule has 0 aliphatic carbocycles. The van der Waals surface area contributed by atoms with E-state index in [9.17, 15) is 4.79 Å². The Bertz CT molecular complexity index is 511. The van der Waals surface area contributed by atoms with Crippen molar-refractivity contribution >= 4 is 11.6 Å². The van der Waals surface area contributed by atoms with Crippen molar-refractivity contribution < 1.29 is 9.90 Å². The fourth-order valence-corrected chi connectivity index (χ4v) is 2.42. The lowest BCUT2D eigenvalue weighted by molar-refractivity contribution is -0.119. The largest absolute Gasteiger partial charge is 0.396 e. The van der Waals surface area contributed by atoms with Gasteiger partial charge in [0, 0.05) is 24.9 Å². The van der Waals surface area contributed by atoms with Crippen molar-refractivity contribution in [2.75, 3.05) is 18.5 Å². The number of aliphatic hydroxyl groups is 1. The Morgan fingerprint density at radius 1 is 1.35 bits per heavy atom. The number of carbonyl (C=O) groups is 1. The number of aliphatic hydroxyl groups excluding tert-OH is 1. The van der Waals surface area contributed by atoms with Gasteiger partial charge >= 0.3 is 0 Å². The van der Waals surface area contributed by atoms with Crippen molar-refractivity contribution in [3.05, 3.63) is 29.3 Å². The first-order valence-electron chi connectivity index (χ1n) is 7.16. The molecule has 1 amide bonds. The van der Waals surface area contributed by atoms with Gasteiger partial charge in [-0.3, -0.25) is 4.79 Å². The molecule has 110 valence electrons. The minimum Gasteiger partial charge on any atom is -0.396 e. The van der Waals surface area contributed by atoms with Crippen LogP contribution in [0.3, 0.4) is 0 Å². The molecule has 0 fully saturated rings. The second kappa shape index (κ2) is 5.54. The average molecular weight is 276 g/mol. The van der Waals surface area contributed by atoms with Gasteiger partial charge in [0.15, 0.2) is 0 Å². The van der Waals surface area contributed by atoms with Crippen molar-refractivity contribution in [3.63, 3.8) is 0 Å². The Kier molecular flexibility index (Phi) is 4.16. The standard InChI is InChI=1S/C16H24N2O2/c1-10(9-19)8-17-11(2)12-5-6-14-13(7-12)16(3,4)15(20)18-14/h5-7,10-11,17,19H,8-9H2,1-4H3,(H,18,20). The first-order valence-corrected chi connectivity index (χ1v) is 7.16. The summed E-state index contributed by atoms with van der Waals surface area (Å²) >= 11 is 0. The lowest BCUT2D eigenvalue weighted by Gasteiger charge is -2.20.